The molecule has 0 aromatic heterocycles. The Balaban J connectivity index is 3.24. The molecule has 0 saturated carbocycles. The van der Waals surface area contributed by atoms with E-state index >= 15 is 0 Å². The van der Waals surface area contributed by atoms with E-state index in [1.165, 1.54) is 0 Å². The highest BCUT2D eigenvalue weighted by Gasteiger charge is 2.07. The van der Waals surface area contributed by atoms with Gasteiger partial charge in [-0.15, -0.1) is 5.48 Å². The maximum Gasteiger partial charge on any atom is 0.312 e. The van der Waals surface area contributed by atoms with Crippen molar-refractivity contribution in [2.24, 2.45) is 0 Å². The van der Waals surface area contributed by atoms with Crippen LogP contribution in [0.4, 0.5) is 0 Å². The van der Waals surface area contributed by atoms with Gasteiger partial charge in [0.25, 0.3) is 0 Å². The normalized spacial score (nSPS) is 10.9. The molecular formula is C5H11NO2. The smallest absolute Gasteiger partial charge is 0.312 e. The lowest BCUT2D eigenvalue weighted by atomic mass is 10.1. The Labute approximate surface area is 49.0 Å². The molecule has 3 heteroatoms. The highest BCUT2D eigenvalue weighted by atomic mass is 16.7. The van der Waals surface area contributed by atoms with Gasteiger partial charge in [0.2, 0.25) is 0 Å². The highest BCUT2D eigenvalue weighted by Crippen LogP contribution is 1.96. The molecule has 0 bridgehead atoms. The van der Waals surface area contributed by atoms with Gasteiger partial charge in [-0.1, -0.05) is 0 Å². The fraction of sp³-hybridized carbons (Fsp3) is 0.800. The molecule has 0 aromatic carbocycles. The average Bonchev–Trinajstić information content (AvgIpc) is 1.59. The van der Waals surface area contributed by atoms with Crippen LogP contribution in [-0.2, 0) is 9.63 Å². The van der Waals surface area contributed by atoms with Gasteiger partial charge in [-0.25, -0.2) is 0 Å². The van der Waals surface area contributed by atoms with E-state index in [0.29, 0.717) is 6.47 Å². The van der Waals surface area contributed by atoms with Gasteiger partial charge >= 0.3 is 6.47 Å². The predicted molar refractivity (Wildman–Crippen MR) is 30.0 cm³/mol. The lowest BCUT2D eigenvalue weighted by Gasteiger charge is -2.16. The zero-order valence-corrected chi connectivity index (χ0v) is 5.39. The standard InChI is InChI=1S/C5H11NO2/c1-5(2,3)6-8-4-7/h4,6H,1-3H3. The molecule has 0 rings (SSSR count). The zero-order valence-electron chi connectivity index (χ0n) is 5.39. The van der Waals surface area contributed by atoms with Crippen molar-refractivity contribution < 1.29 is 9.63 Å². The first-order valence-electron chi connectivity index (χ1n) is 2.43. The van der Waals surface area contributed by atoms with Gasteiger partial charge < -0.3 is 4.84 Å². The van der Waals surface area contributed by atoms with Crippen LogP contribution in [0.1, 0.15) is 20.8 Å². The van der Waals surface area contributed by atoms with Gasteiger partial charge in [-0.3, -0.25) is 4.79 Å². The Bertz CT molecular complexity index is 75.0. The van der Waals surface area contributed by atoms with Gasteiger partial charge in [0.1, 0.15) is 0 Å². The topological polar surface area (TPSA) is 38.3 Å². The van der Waals surface area contributed by atoms with E-state index in [-0.39, 0.29) is 5.54 Å². The number of rotatable bonds is 2. The highest BCUT2D eigenvalue weighted by molar-refractivity contribution is 5.36. The number of hydroxylamine groups is 1. The third-order valence-electron chi connectivity index (χ3n) is 0.413. The summed E-state index contributed by atoms with van der Waals surface area (Å²) in [6, 6.07) is 0. The van der Waals surface area contributed by atoms with Gasteiger partial charge in [0.05, 0.1) is 0 Å². The molecule has 0 amide bonds. The third kappa shape index (κ3) is 5.43. The summed E-state index contributed by atoms with van der Waals surface area (Å²) < 4.78 is 0. The summed E-state index contributed by atoms with van der Waals surface area (Å²) in [6.45, 7) is 6.06. The van der Waals surface area contributed by atoms with Gasteiger partial charge in [-0.2, -0.15) is 0 Å². The zero-order chi connectivity index (χ0) is 6.62. The second-order valence-electron chi connectivity index (χ2n) is 2.57. The number of carbonyl (C=O) groups is 1. The van der Waals surface area contributed by atoms with Crippen molar-refractivity contribution in [1.29, 1.82) is 0 Å². The quantitative estimate of drug-likeness (QED) is 0.422. The first kappa shape index (κ1) is 7.43. The van der Waals surface area contributed by atoms with Crippen LogP contribution in [0.15, 0.2) is 0 Å². The van der Waals surface area contributed by atoms with Crippen LogP contribution < -0.4 is 5.48 Å². The molecule has 0 spiro atoms. The molecule has 0 saturated heterocycles. The van der Waals surface area contributed by atoms with E-state index in [1.54, 1.807) is 0 Å². The van der Waals surface area contributed by atoms with Crippen LogP contribution in [0.25, 0.3) is 0 Å². The van der Waals surface area contributed by atoms with Crippen molar-refractivity contribution in [2.75, 3.05) is 0 Å². The fourth-order valence-electron chi connectivity index (χ4n) is 0.201. The van der Waals surface area contributed by atoms with E-state index in [9.17, 15) is 4.79 Å². The van der Waals surface area contributed by atoms with Gasteiger partial charge in [-0.05, 0) is 20.8 Å². The summed E-state index contributed by atoms with van der Waals surface area (Å²) in [4.78, 5) is 13.8. The summed E-state index contributed by atoms with van der Waals surface area (Å²) in [5.74, 6) is 0. The van der Waals surface area contributed by atoms with Crippen LogP contribution in [0.3, 0.4) is 0 Å². The average molecular weight is 117 g/mol. The van der Waals surface area contributed by atoms with E-state index < -0.39 is 0 Å². The fourth-order valence-corrected chi connectivity index (χ4v) is 0.201. The van der Waals surface area contributed by atoms with Gasteiger partial charge in [0.15, 0.2) is 0 Å². The molecule has 0 aromatic rings. The van der Waals surface area contributed by atoms with Crippen molar-refractivity contribution in [3.05, 3.63) is 0 Å². The molecule has 0 aliphatic heterocycles. The number of carbonyl (C=O) groups excluding carboxylic acids is 1. The summed E-state index contributed by atoms with van der Waals surface area (Å²) in [5, 5.41) is 0. The summed E-state index contributed by atoms with van der Waals surface area (Å²) in [5.41, 5.74) is 2.35. The van der Waals surface area contributed by atoms with Crippen LogP contribution >= 0.6 is 0 Å². The van der Waals surface area contributed by atoms with Crippen LogP contribution in [-0.4, -0.2) is 12.0 Å². The maximum atomic E-state index is 9.57. The van der Waals surface area contributed by atoms with Crippen molar-refractivity contribution in [2.45, 2.75) is 26.3 Å². The summed E-state index contributed by atoms with van der Waals surface area (Å²) in [7, 11) is 0. The summed E-state index contributed by atoms with van der Waals surface area (Å²) in [6.07, 6.45) is 0. The SMILES string of the molecule is CC(C)(C)NOC=O. The largest absolute Gasteiger partial charge is 0.373 e. The molecular weight excluding hydrogens is 106 g/mol. The van der Waals surface area contributed by atoms with Crippen molar-refractivity contribution >= 4 is 6.47 Å². The molecule has 3 nitrogen and oxygen atoms in total. The molecule has 0 fully saturated rings. The van der Waals surface area contributed by atoms with Crippen molar-refractivity contribution in [1.82, 2.24) is 5.48 Å². The molecule has 0 aliphatic carbocycles. The van der Waals surface area contributed by atoms with Crippen LogP contribution in [0.5, 0.6) is 0 Å². The Morgan fingerprint density at radius 2 is 2.00 bits per heavy atom. The molecule has 0 atom stereocenters. The molecule has 0 aliphatic rings. The Hall–Kier alpha value is -0.570. The van der Waals surface area contributed by atoms with Crippen molar-refractivity contribution in [3.63, 3.8) is 0 Å². The molecule has 8 heavy (non-hydrogen) atoms. The van der Waals surface area contributed by atoms with E-state index in [4.69, 9.17) is 0 Å². The second kappa shape index (κ2) is 2.67. The number of nitrogens with one attached hydrogen (secondary N) is 1. The van der Waals surface area contributed by atoms with Crippen molar-refractivity contribution in [3.8, 4) is 0 Å². The van der Waals surface area contributed by atoms with E-state index in [0.717, 1.165) is 0 Å². The lowest BCUT2D eigenvalue weighted by molar-refractivity contribution is -0.139. The minimum Gasteiger partial charge on any atom is -0.373 e. The van der Waals surface area contributed by atoms with E-state index in [2.05, 4.69) is 10.3 Å². The molecule has 48 valence electrons. The van der Waals surface area contributed by atoms with Gasteiger partial charge in [0, 0.05) is 5.54 Å². The first-order valence-corrected chi connectivity index (χ1v) is 2.43. The number of hydrogen-bond acceptors (Lipinski definition) is 3. The third-order valence-corrected chi connectivity index (χ3v) is 0.413. The lowest BCUT2D eigenvalue weighted by Crippen LogP contribution is -2.35. The Kier molecular flexibility index (Phi) is 2.48. The second-order valence-corrected chi connectivity index (χ2v) is 2.57. The summed E-state index contributed by atoms with van der Waals surface area (Å²) >= 11 is 0. The minimum atomic E-state index is -0.152. The molecule has 1 N–H and O–H groups in total. The Morgan fingerprint density at radius 1 is 1.50 bits per heavy atom. The first-order chi connectivity index (χ1) is 3.56. The molecule has 0 heterocycles. The monoisotopic (exact) mass is 117 g/mol. The van der Waals surface area contributed by atoms with Crippen LogP contribution in [0, 0.1) is 0 Å². The maximum absolute atomic E-state index is 9.57. The number of hydrogen-bond donors (Lipinski definition) is 1. The van der Waals surface area contributed by atoms with Crippen LogP contribution in [0.2, 0.25) is 0 Å². The minimum absolute atomic E-state index is 0.152. The Morgan fingerprint density at radius 3 is 2.12 bits per heavy atom. The van der Waals surface area contributed by atoms with E-state index in [1.807, 2.05) is 20.8 Å². The molecule has 0 unspecified atom stereocenters. The molecule has 0 radical (unpaired) electrons. The predicted octanol–water partition coefficient (Wildman–Crippen LogP) is 0.462.